The van der Waals surface area contributed by atoms with E-state index in [2.05, 4.69) is 10.3 Å². The van der Waals surface area contributed by atoms with E-state index in [0.717, 1.165) is 11.6 Å². The minimum absolute atomic E-state index is 0.132. The Labute approximate surface area is 219 Å². The van der Waals surface area contributed by atoms with E-state index in [4.69, 9.17) is 11.6 Å². The lowest BCUT2D eigenvalue weighted by molar-refractivity contribution is -0.391. The van der Waals surface area contributed by atoms with Crippen LogP contribution in [0.5, 0.6) is 0 Å². The van der Waals surface area contributed by atoms with Crippen LogP contribution >= 0.6 is 11.6 Å². The zero-order chi connectivity index (χ0) is 26.2. The highest BCUT2D eigenvalue weighted by Gasteiger charge is 2.52. The van der Waals surface area contributed by atoms with Gasteiger partial charge < -0.3 is 15.5 Å². The second-order valence-corrected chi connectivity index (χ2v) is 10.9. The molecule has 3 aliphatic rings. The van der Waals surface area contributed by atoms with Crippen LogP contribution in [0.4, 0.5) is 8.78 Å². The van der Waals surface area contributed by atoms with Gasteiger partial charge in [-0.15, -0.1) is 0 Å². The molecule has 0 saturated heterocycles. The van der Waals surface area contributed by atoms with Crippen molar-refractivity contribution in [2.75, 3.05) is 0 Å². The number of H-pyrrole nitrogens is 1. The van der Waals surface area contributed by atoms with E-state index in [1.54, 1.807) is 12.1 Å². The molecule has 1 atom stereocenters. The first kappa shape index (κ1) is 25.8. The van der Waals surface area contributed by atoms with Crippen LogP contribution in [0.3, 0.4) is 0 Å². The van der Waals surface area contributed by atoms with Gasteiger partial charge in [0.1, 0.15) is 11.7 Å². The standard InChI is InChI=1S/C29H29ClF2N2O3/c30-21-7-8-22(31)24(25(21)32)19-6-9-23(33-17-19)20(16-18-4-2-1-3-5-18)26(35)34-29-13-10-28(11-14-29,12-15-29)27(36)37/h1-9,17,20,27,36-37H,10-16H2,(H,34,35)/p+1. The Morgan fingerprint density at radius 2 is 1.65 bits per heavy atom. The Morgan fingerprint density at radius 3 is 2.24 bits per heavy atom. The molecule has 6 rings (SSSR count). The predicted octanol–water partition coefficient (Wildman–Crippen LogP) is 4.95. The molecule has 1 heterocycles. The van der Waals surface area contributed by atoms with E-state index < -0.39 is 29.3 Å². The van der Waals surface area contributed by atoms with Crippen LogP contribution in [-0.2, 0) is 11.2 Å². The molecule has 0 aliphatic heterocycles. The van der Waals surface area contributed by atoms with Crippen LogP contribution in [0.2, 0.25) is 5.02 Å². The summed E-state index contributed by atoms with van der Waals surface area (Å²) >= 11 is 5.87. The Hall–Kier alpha value is -2.87. The fraction of sp³-hybridized carbons (Fsp3) is 0.379. The van der Waals surface area contributed by atoms with Crippen molar-refractivity contribution in [1.29, 1.82) is 0 Å². The number of carbonyl (C=O) groups excluding carboxylic acids is 1. The minimum atomic E-state index is -1.34. The van der Waals surface area contributed by atoms with Gasteiger partial charge in [0.2, 0.25) is 5.91 Å². The van der Waals surface area contributed by atoms with Gasteiger partial charge in [-0.2, -0.15) is 0 Å². The molecule has 8 heteroatoms. The summed E-state index contributed by atoms with van der Waals surface area (Å²) in [4.78, 5) is 16.9. The average Bonchev–Trinajstić information content (AvgIpc) is 2.91. The molecule has 1 unspecified atom stereocenters. The van der Waals surface area contributed by atoms with Gasteiger partial charge in [-0.25, -0.2) is 13.8 Å². The second kappa shape index (κ2) is 10.1. The SMILES string of the molecule is O=C(NC12CCC(C(O)O)(CC1)CC2)C(Cc1ccccc1)c1ccc(-c2c(F)ccc(Cl)c2F)c[nH+]1. The molecule has 3 saturated carbocycles. The van der Waals surface area contributed by atoms with Gasteiger partial charge in [-0.1, -0.05) is 41.9 Å². The molecule has 4 N–H and O–H groups in total. The highest BCUT2D eigenvalue weighted by atomic mass is 35.5. The summed E-state index contributed by atoms with van der Waals surface area (Å²) in [6, 6.07) is 15.3. The summed E-state index contributed by atoms with van der Waals surface area (Å²) in [6.45, 7) is 0. The molecule has 2 bridgehead atoms. The van der Waals surface area contributed by atoms with Crippen molar-refractivity contribution in [2.45, 2.75) is 62.7 Å². The number of aromatic nitrogens is 1. The average molecular weight is 528 g/mol. The third kappa shape index (κ3) is 5.00. The highest BCUT2D eigenvalue weighted by Crippen LogP contribution is 2.53. The first-order valence-corrected chi connectivity index (χ1v) is 13.0. The van der Waals surface area contributed by atoms with Crippen molar-refractivity contribution >= 4 is 17.5 Å². The highest BCUT2D eigenvalue weighted by molar-refractivity contribution is 6.31. The number of fused-ring (bicyclic) bond motifs is 3. The van der Waals surface area contributed by atoms with Crippen LogP contribution in [0.15, 0.2) is 60.8 Å². The normalized spacial score (nSPS) is 23.7. The molecule has 1 aromatic heterocycles. The first-order chi connectivity index (χ1) is 17.7. The van der Waals surface area contributed by atoms with Crippen LogP contribution in [-0.4, -0.2) is 27.9 Å². The largest absolute Gasteiger partial charge is 0.368 e. The van der Waals surface area contributed by atoms with Crippen molar-refractivity contribution in [3.05, 3.63) is 88.7 Å². The number of hydrogen-bond acceptors (Lipinski definition) is 3. The summed E-state index contributed by atoms with van der Waals surface area (Å²) < 4.78 is 29.0. The topological polar surface area (TPSA) is 83.7 Å². The Morgan fingerprint density at radius 1 is 0.973 bits per heavy atom. The second-order valence-electron chi connectivity index (χ2n) is 10.5. The van der Waals surface area contributed by atoms with Gasteiger partial charge in [0, 0.05) is 17.0 Å². The molecule has 37 heavy (non-hydrogen) atoms. The van der Waals surface area contributed by atoms with Crippen LogP contribution in [0, 0.1) is 17.0 Å². The first-order valence-electron chi connectivity index (χ1n) is 12.6. The third-order valence-corrected chi connectivity index (χ3v) is 8.68. The van der Waals surface area contributed by atoms with Crippen molar-refractivity contribution in [3.63, 3.8) is 0 Å². The van der Waals surface area contributed by atoms with E-state index in [0.29, 0.717) is 50.6 Å². The summed E-state index contributed by atoms with van der Waals surface area (Å²) in [5.74, 6) is -2.25. The summed E-state index contributed by atoms with van der Waals surface area (Å²) in [6.07, 6.45) is 4.67. The number of halogens is 3. The minimum Gasteiger partial charge on any atom is -0.368 e. The fourth-order valence-electron chi connectivity index (χ4n) is 5.93. The van der Waals surface area contributed by atoms with Gasteiger partial charge in [0.25, 0.3) is 0 Å². The molecule has 194 valence electrons. The van der Waals surface area contributed by atoms with Crippen molar-refractivity contribution in [3.8, 4) is 11.1 Å². The predicted molar refractivity (Wildman–Crippen MR) is 135 cm³/mol. The number of carbonyl (C=O) groups is 1. The molecule has 0 spiro atoms. The number of aliphatic hydroxyl groups excluding tert-OH is 1. The van der Waals surface area contributed by atoms with E-state index in [9.17, 15) is 23.8 Å². The summed E-state index contributed by atoms with van der Waals surface area (Å²) in [5.41, 5.74) is 0.838. The molecule has 1 amide bonds. The van der Waals surface area contributed by atoms with Gasteiger partial charge >= 0.3 is 0 Å². The number of amides is 1. The van der Waals surface area contributed by atoms with Gasteiger partial charge in [-0.05, 0) is 68.7 Å². The molecular weight excluding hydrogens is 498 g/mol. The van der Waals surface area contributed by atoms with E-state index in [1.165, 1.54) is 12.3 Å². The number of hydrogen-bond donors (Lipinski definition) is 3. The summed E-state index contributed by atoms with van der Waals surface area (Å²) in [5, 5.41) is 22.9. The maximum atomic E-state index is 14.6. The number of aliphatic hydroxyl groups is 2. The molecule has 3 fully saturated rings. The molecule has 3 aromatic rings. The zero-order valence-electron chi connectivity index (χ0n) is 20.3. The van der Waals surface area contributed by atoms with E-state index in [1.807, 2.05) is 30.3 Å². The fourth-order valence-corrected chi connectivity index (χ4v) is 6.09. The van der Waals surface area contributed by atoms with Crippen molar-refractivity contribution in [2.24, 2.45) is 5.41 Å². The maximum absolute atomic E-state index is 14.6. The lowest BCUT2D eigenvalue weighted by Crippen LogP contribution is -2.59. The van der Waals surface area contributed by atoms with Gasteiger partial charge in [0.15, 0.2) is 24.0 Å². The van der Waals surface area contributed by atoms with Crippen molar-refractivity contribution in [1.82, 2.24) is 5.32 Å². The van der Waals surface area contributed by atoms with Crippen LogP contribution < -0.4 is 10.3 Å². The van der Waals surface area contributed by atoms with Gasteiger partial charge in [-0.3, -0.25) is 4.79 Å². The molecular formula is C29H30ClF2N2O3+. The van der Waals surface area contributed by atoms with Crippen LogP contribution in [0.25, 0.3) is 11.1 Å². The molecule has 3 aliphatic carbocycles. The van der Waals surface area contributed by atoms with Crippen LogP contribution in [0.1, 0.15) is 55.7 Å². The number of pyridine rings is 1. The lowest BCUT2D eigenvalue weighted by atomic mass is 9.57. The van der Waals surface area contributed by atoms with E-state index >= 15 is 0 Å². The Balaban J connectivity index is 1.41. The number of benzene rings is 2. The maximum Gasteiger partial charge on any atom is 0.234 e. The van der Waals surface area contributed by atoms with Gasteiger partial charge in [0.05, 0.1) is 16.1 Å². The number of nitrogens with one attached hydrogen (secondary N) is 2. The smallest absolute Gasteiger partial charge is 0.234 e. The molecule has 5 nitrogen and oxygen atoms in total. The monoisotopic (exact) mass is 527 g/mol. The summed E-state index contributed by atoms with van der Waals surface area (Å²) in [7, 11) is 0. The Bertz CT molecular complexity index is 1260. The lowest BCUT2D eigenvalue weighted by Gasteiger charge is -2.54. The van der Waals surface area contributed by atoms with Crippen molar-refractivity contribution < 1.29 is 28.8 Å². The number of rotatable bonds is 7. The zero-order valence-corrected chi connectivity index (χ0v) is 21.1. The molecule has 2 aromatic carbocycles. The number of aromatic amines is 1. The van der Waals surface area contributed by atoms with E-state index in [-0.39, 0.29) is 27.6 Å². The Kier molecular flexibility index (Phi) is 7.05. The quantitative estimate of drug-likeness (QED) is 0.300. The third-order valence-electron chi connectivity index (χ3n) is 8.38. The molecule has 0 radical (unpaired) electrons.